The Bertz CT molecular complexity index is 597. The van der Waals surface area contributed by atoms with Gasteiger partial charge in [-0.1, -0.05) is 0 Å². The molecule has 2 aromatic rings. The Morgan fingerprint density at radius 1 is 1.33 bits per heavy atom. The first kappa shape index (κ1) is 11.1. The Labute approximate surface area is 106 Å². The molecule has 1 aliphatic heterocycles. The highest BCUT2D eigenvalue weighted by Crippen LogP contribution is 2.29. The van der Waals surface area contributed by atoms with Gasteiger partial charge in [0.15, 0.2) is 0 Å². The summed E-state index contributed by atoms with van der Waals surface area (Å²) in [6.45, 7) is 0.881. The van der Waals surface area contributed by atoms with Crippen LogP contribution in [0.5, 0.6) is 0 Å². The van der Waals surface area contributed by atoms with E-state index in [-0.39, 0.29) is 12.0 Å². The first-order valence-electron chi connectivity index (χ1n) is 6.20. The molecule has 4 nitrogen and oxygen atoms in total. The summed E-state index contributed by atoms with van der Waals surface area (Å²) in [5, 5.41) is 14.7. The molecule has 90 valence electrons. The molecule has 0 aromatic carbocycles. The minimum Gasteiger partial charge on any atom is -0.309 e. The highest BCUT2D eigenvalue weighted by molar-refractivity contribution is 5.83. The predicted molar refractivity (Wildman–Crippen MR) is 68.6 cm³/mol. The number of hydrogen-bond donors (Lipinski definition) is 1. The van der Waals surface area contributed by atoms with Crippen LogP contribution >= 0.6 is 0 Å². The van der Waals surface area contributed by atoms with Crippen molar-refractivity contribution >= 4 is 10.8 Å². The predicted octanol–water partition coefficient (Wildman–Crippen LogP) is 2.19. The van der Waals surface area contributed by atoms with Gasteiger partial charge in [-0.25, -0.2) is 0 Å². The van der Waals surface area contributed by atoms with E-state index in [1.165, 1.54) is 0 Å². The Kier molecular flexibility index (Phi) is 2.91. The number of nitriles is 1. The maximum Gasteiger partial charge on any atom is 0.0657 e. The van der Waals surface area contributed by atoms with E-state index in [0.29, 0.717) is 0 Å². The summed E-state index contributed by atoms with van der Waals surface area (Å²) < 4.78 is 0. The van der Waals surface area contributed by atoms with Gasteiger partial charge in [0, 0.05) is 35.3 Å². The van der Waals surface area contributed by atoms with Gasteiger partial charge in [-0.2, -0.15) is 5.26 Å². The number of hydrogen-bond acceptors (Lipinski definition) is 4. The van der Waals surface area contributed by atoms with Gasteiger partial charge >= 0.3 is 0 Å². The van der Waals surface area contributed by atoms with Crippen LogP contribution in [-0.4, -0.2) is 16.5 Å². The molecule has 1 fully saturated rings. The second kappa shape index (κ2) is 4.71. The molecule has 18 heavy (non-hydrogen) atoms. The molecule has 0 spiro atoms. The topological polar surface area (TPSA) is 61.6 Å². The quantitative estimate of drug-likeness (QED) is 0.827. The molecule has 4 heteroatoms. The summed E-state index contributed by atoms with van der Waals surface area (Å²) in [6.07, 6.45) is 7.23. The molecule has 2 unspecified atom stereocenters. The summed E-state index contributed by atoms with van der Waals surface area (Å²) in [5.41, 5.74) is 1.04. The minimum atomic E-state index is 0.134. The van der Waals surface area contributed by atoms with Crippen molar-refractivity contribution in [3.05, 3.63) is 36.4 Å². The maximum atomic E-state index is 9.06. The number of nitrogens with one attached hydrogen (secondary N) is 1. The van der Waals surface area contributed by atoms with Gasteiger partial charge in [0.25, 0.3) is 0 Å². The van der Waals surface area contributed by atoms with E-state index < -0.39 is 0 Å². The number of pyridine rings is 2. The van der Waals surface area contributed by atoms with Gasteiger partial charge in [0.05, 0.1) is 17.8 Å². The van der Waals surface area contributed by atoms with E-state index in [1.54, 1.807) is 6.20 Å². The molecule has 0 bridgehead atoms. The second-order valence-electron chi connectivity index (χ2n) is 4.65. The zero-order valence-electron chi connectivity index (χ0n) is 10.0. The molecule has 0 radical (unpaired) electrons. The van der Waals surface area contributed by atoms with E-state index >= 15 is 0 Å². The number of fused-ring (bicyclic) bond motifs is 1. The fourth-order valence-corrected chi connectivity index (χ4v) is 2.56. The van der Waals surface area contributed by atoms with Crippen LogP contribution in [-0.2, 0) is 0 Å². The largest absolute Gasteiger partial charge is 0.309 e. The van der Waals surface area contributed by atoms with Crippen LogP contribution in [0.1, 0.15) is 24.6 Å². The third-order valence-corrected chi connectivity index (χ3v) is 3.51. The summed E-state index contributed by atoms with van der Waals surface area (Å²) in [4.78, 5) is 8.63. The van der Waals surface area contributed by atoms with E-state index in [1.807, 2.05) is 24.5 Å². The standard InChI is InChI=1S/C14H14N4/c15-8-10-1-5-17-13(7-10)14-12-3-4-16-9-11(12)2-6-18-14/h2-4,6,9-10,13,17H,1,5,7H2. The van der Waals surface area contributed by atoms with Crippen LogP contribution in [0.15, 0.2) is 30.7 Å². The third-order valence-electron chi connectivity index (χ3n) is 3.51. The maximum absolute atomic E-state index is 9.06. The molecule has 1 N–H and O–H groups in total. The number of aromatic nitrogens is 2. The van der Waals surface area contributed by atoms with Crippen molar-refractivity contribution in [2.75, 3.05) is 6.54 Å². The average molecular weight is 238 g/mol. The number of piperidine rings is 1. The molecule has 2 atom stereocenters. The van der Waals surface area contributed by atoms with Gasteiger partial charge in [0.1, 0.15) is 0 Å². The number of nitrogens with zero attached hydrogens (tertiary/aromatic N) is 3. The van der Waals surface area contributed by atoms with E-state index in [0.717, 1.165) is 35.9 Å². The lowest BCUT2D eigenvalue weighted by molar-refractivity contribution is 0.353. The molecule has 0 amide bonds. The summed E-state index contributed by atoms with van der Waals surface area (Å²) in [7, 11) is 0. The Hall–Kier alpha value is -1.99. The lowest BCUT2D eigenvalue weighted by atomic mass is 9.90. The zero-order chi connectivity index (χ0) is 12.4. The van der Waals surface area contributed by atoms with Crippen LogP contribution in [0.2, 0.25) is 0 Å². The smallest absolute Gasteiger partial charge is 0.0657 e. The molecule has 2 aromatic heterocycles. The highest BCUT2D eigenvalue weighted by Gasteiger charge is 2.24. The first-order chi connectivity index (χ1) is 8.88. The normalized spacial score (nSPS) is 23.7. The van der Waals surface area contributed by atoms with Crippen molar-refractivity contribution in [2.45, 2.75) is 18.9 Å². The summed E-state index contributed by atoms with van der Waals surface area (Å²) in [5.74, 6) is 0.134. The molecule has 1 saturated heterocycles. The van der Waals surface area contributed by atoms with E-state index in [4.69, 9.17) is 5.26 Å². The van der Waals surface area contributed by atoms with Crippen LogP contribution in [0, 0.1) is 17.2 Å². The van der Waals surface area contributed by atoms with E-state index in [9.17, 15) is 0 Å². The van der Waals surface area contributed by atoms with Crippen molar-refractivity contribution in [2.24, 2.45) is 5.92 Å². The van der Waals surface area contributed by atoms with Crippen molar-refractivity contribution < 1.29 is 0 Å². The van der Waals surface area contributed by atoms with Gasteiger partial charge in [-0.3, -0.25) is 9.97 Å². The molecule has 3 rings (SSSR count). The van der Waals surface area contributed by atoms with E-state index in [2.05, 4.69) is 21.4 Å². The molecule has 0 aliphatic carbocycles. The highest BCUT2D eigenvalue weighted by atomic mass is 15.0. The van der Waals surface area contributed by atoms with Crippen LogP contribution in [0.25, 0.3) is 10.8 Å². The average Bonchev–Trinajstić information content (AvgIpc) is 2.47. The van der Waals surface area contributed by atoms with Gasteiger partial charge < -0.3 is 5.32 Å². The van der Waals surface area contributed by atoms with Crippen molar-refractivity contribution in [1.29, 1.82) is 5.26 Å². The molecule has 3 heterocycles. The van der Waals surface area contributed by atoms with Crippen LogP contribution in [0.4, 0.5) is 0 Å². The lowest BCUT2D eigenvalue weighted by Crippen LogP contribution is -2.31. The van der Waals surface area contributed by atoms with Crippen molar-refractivity contribution in [3.8, 4) is 6.07 Å². The lowest BCUT2D eigenvalue weighted by Gasteiger charge is -2.27. The van der Waals surface area contributed by atoms with Crippen molar-refractivity contribution in [3.63, 3.8) is 0 Å². The molecular formula is C14H14N4. The van der Waals surface area contributed by atoms with Gasteiger partial charge in [0.2, 0.25) is 0 Å². The first-order valence-corrected chi connectivity index (χ1v) is 6.20. The Morgan fingerprint density at radius 2 is 2.28 bits per heavy atom. The minimum absolute atomic E-state index is 0.134. The SMILES string of the molecule is N#CC1CCNC(c2nccc3cnccc23)C1. The van der Waals surface area contributed by atoms with Gasteiger partial charge in [-0.15, -0.1) is 0 Å². The molecule has 0 saturated carbocycles. The fraction of sp³-hybridized carbons (Fsp3) is 0.357. The van der Waals surface area contributed by atoms with Crippen molar-refractivity contribution in [1.82, 2.24) is 15.3 Å². The van der Waals surface area contributed by atoms with Crippen LogP contribution in [0.3, 0.4) is 0 Å². The third kappa shape index (κ3) is 1.93. The monoisotopic (exact) mass is 238 g/mol. The Balaban J connectivity index is 2.01. The Morgan fingerprint density at radius 3 is 3.17 bits per heavy atom. The zero-order valence-corrected chi connectivity index (χ0v) is 10.0. The van der Waals surface area contributed by atoms with Crippen LogP contribution < -0.4 is 5.32 Å². The molecule has 1 aliphatic rings. The summed E-state index contributed by atoms with van der Waals surface area (Å²) >= 11 is 0. The van der Waals surface area contributed by atoms with Gasteiger partial charge in [-0.05, 0) is 31.5 Å². The summed E-state index contributed by atoms with van der Waals surface area (Å²) in [6, 6.07) is 6.51. The second-order valence-corrected chi connectivity index (χ2v) is 4.65. The number of rotatable bonds is 1. The molecular weight excluding hydrogens is 224 g/mol. The fourth-order valence-electron chi connectivity index (χ4n) is 2.56.